The minimum absolute atomic E-state index is 0.355. The molecule has 0 unspecified atom stereocenters. The van der Waals surface area contributed by atoms with Crippen molar-refractivity contribution in [2.24, 2.45) is 0 Å². The Morgan fingerprint density at radius 3 is 2.68 bits per heavy atom. The van der Waals surface area contributed by atoms with Crippen molar-refractivity contribution in [2.75, 3.05) is 12.8 Å². The smallest absolute Gasteiger partial charge is 0.340 e. The molecular formula is C14H12N2O2S. The normalized spacial score (nSPS) is 9.95. The third-order valence-electron chi connectivity index (χ3n) is 2.83. The van der Waals surface area contributed by atoms with Crippen LogP contribution in [0.3, 0.4) is 0 Å². The molecule has 2 N–H and O–H groups in total. The van der Waals surface area contributed by atoms with E-state index >= 15 is 0 Å². The first kappa shape index (κ1) is 13.1. The number of nitrogens with zero attached hydrogens (tertiary/aromatic N) is 1. The Labute approximate surface area is 115 Å². The molecule has 1 heterocycles. The highest BCUT2D eigenvalue weighted by atomic mass is 32.1. The number of ether oxygens (including phenoxy) is 1. The number of nitrogens with two attached hydrogens (primary N) is 1. The van der Waals surface area contributed by atoms with E-state index in [1.165, 1.54) is 18.4 Å². The maximum absolute atomic E-state index is 11.9. The lowest BCUT2D eigenvalue weighted by molar-refractivity contribution is 0.0603. The molecule has 4 nitrogen and oxygen atoms in total. The Hall–Kier alpha value is -2.32. The average Bonchev–Trinajstić information content (AvgIpc) is 2.89. The van der Waals surface area contributed by atoms with Crippen molar-refractivity contribution < 1.29 is 9.53 Å². The summed E-state index contributed by atoms with van der Waals surface area (Å²) in [6.07, 6.45) is 0. The van der Waals surface area contributed by atoms with Crippen LogP contribution < -0.4 is 5.73 Å². The Balaban J connectivity index is 2.66. The van der Waals surface area contributed by atoms with Crippen molar-refractivity contribution in [2.45, 2.75) is 6.92 Å². The number of rotatable bonds is 2. The van der Waals surface area contributed by atoms with Gasteiger partial charge < -0.3 is 10.5 Å². The lowest BCUT2D eigenvalue weighted by Crippen LogP contribution is -2.08. The number of carbonyl (C=O) groups is 1. The minimum atomic E-state index is -0.469. The van der Waals surface area contributed by atoms with Crippen LogP contribution in [0.15, 0.2) is 24.3 Å². The summed E-state index contributed by atoms with van der Waals surface area (Å²) in [6.45, 7) is 1.83. The van der Waals surface area contributed by atoms with Gasteiger partial charge in [0, 0.05) is 16.1 Å². The molecule has 0 bridgehead atoms. The molecule has 0 radical (unpaired) electrons. The molecule has 0 amide bonds. The molecule has 0 saturated carbocycles. The first-order valence-electron chi connectivity index (χ1n) is 5.56. The van der Waals surface area contributed by atoms with Crippen LogP contribution in [0.25, 0.3) is 10.4 Å². The summed E-state index contributed by atoms with van der Waals surface area (Å²) in [5.74, 6) is -0.469. The molecule has 96 valence electrons. The molecule has 2 aromatic rings. The first-order valence-corrected chi connectivity index (χ1v) is 6.37. The summed E-state index contributed by atoms with van der Waals surface area (Å²) in [5, 5.41) is 8.87. The number of carbonyl (C=O) groups excluding carboxylic acids is 1. The molecule has 1 aromatic carbocycles. The van der Waals surface area contributed by atoms with Crippen LogP contribution in [0.4, 0.5) is 5.69 Å². The number of hydrogen-bond donors (Lipinski definition) is 1. The maximum atomic E-state index is 11.9. The fraction of sp³-hybridized carbons (Fsp3) is 0.143. The van der Waals surface area contributed by atoms with Gasteiger partial charge in [0.1, 0.15) is 10.9 Å². The molecule has 0 fully saturated rings. The molecule has 0 saturated heterocycles. The summed E-state index contributed by atoms with van der Waals surface area (Å²) in [6, 6.07) is 9.28. The predicted molar refractivity (Wildman–Crippen MR) is 75.0 cm³/mol. The SMILES string of the molecule is COC(=O)c1c(-c2ccc(C#N)s2)ccc(C)c1N. The minimum Gasteiger partial charge on any atom is -0.465 e. The van der Waals surface area contributed by atoms with E-state index in [1.54, 1.807) is 12.1 Å². The van der Waals surface area contributed by atoms with Crippen LogP contribution in [-0.4, -0.2) is 13.1 Å². The van der Waals surface area contributed by atoms with E-state index in [1.807, 2.05) is 19.1 Å². The number of aryl methyl sites for hydroxylation is 1. The first-order chi connectivity index (χ1) is 9.08. The van der Waals surface area contributed by atoms with Gasteiger partial charge in [-0.1, -0.05) is 12.1 Å². The highest BCUT2D eigenvalue weighted by molar-refractivity contribution is 7.16. The third kappa shape index (κ3) is 2.30. The summed E-state index contributed by atoms with van der Waals surface area (Å²) in [5.41, 5.74) is 8.26. The van der Waals surface area contributed by atoms with E-state index in [-0.39, 0.29) is 0 Å². The van der Waals surface area contributed by atoms with Gasteiger partial charge in [0.15, 0.2) is 0 Å². The van der Waals surface area contributed by atoms with Crippen LogP contribution in [0.5, 0.6) is 0 Å². The summed E-state index contributed by atoms with van der Waals surface area (Å²) >= 11 is 1.32. The van der Waals surface area contributed by atoms with E-state index in [9.17, 15) is 4.79 Å². The molecule has 0 spiro atoms. The Bertz CT molecular complexity index is 683. The maximum Gasteiger partial charge on any atom is 0.340 e. The van der Waals surface area contributed by atoms with Crippen LogP contribution in [0, 0.1) is 18.3 Å². The Morgan fingerprint density at radius 2 is 2.11 bits per heavy atom. The van der Waals surface area contributed by atoms with Gasteiger partial charge in [-0.05, 0) is 24.6 Å². The van der Waals surface area contributed by atoms with E-state index in [0.717, 1.165) is 10.4 Å². The van der Waals surface area contributed by atoms with Crippen LogP contribution in [0.2, 0.25) is 0 Å². The highest BCUT2D eigenvalue weighted by Gasteiger charge is 2.19. The predicted octanol–water partition coefficient (Wildman–Crippen LogP) is 2.96. The number of methoxy groups -OCH3 is 1. The third-order valence-corrected chi connectivity index (χ3v) is 3.86. The topological polar surface area (TPSA) is 76.1 Å². The van der Waals surface area contributed by atoms with Gasteiger partial charge in [0.25, 0.3) is 0 Å². The fourth-order valence-corrected chi connectivity index (χ4v) is 2.63. The van der Waals surface area contributed by atoms with Crippen molar-refractivity contribution in [1.29, 1.82) is 5.26 Å². The van der Waals surface area contributed by atoms with Crippen LogP contribution in [-0.2, 0) is 4.74 Å². The van der Waals surface area contributed by atoms with E-state index < -0.39 is 5.97 Å². The Morgan fingerprint density at radius 1 is 1.37 bits per heavy atom. The molecule has 2 rings (SSSR count). The molecule has 1 aromatic heterocycles. The molecular weight excluding hydrogens is 260 g/mol. The van der Waals surface area contributed by atoms with Gasteiger partial charge in [-0.15, -0.1) is 11.3 Å². The lowest BCUT2D eigenvalue weighted by atomic mass is 10.0. The summed E-state index contributed by atoms with van der Waals surface area (Å²) in [7, 11) is 1.32. The van der Waals surface area contributed by atoms with Gasteiger partial charge in [-0.2, -0.15) is 5.26 Å². The van der Waals surface area contributed by atoms with Crippen molar-refractivity contribution in [3.05, 3.63) is 40.3 Å². The van der Waals surface area contributed by atoms with Gasteiger partial charge in [0.05, 0.1) is 12.7 Å². The van der Waals surface area contributed by atoms with Crippen molar-refractivity contribution in [3.63, 3.8) is 0 Å². The average molecular weight is 272 g/mol. The Kier molecular flexibility index (Phi) is 3.54. The molecule has 5 heteroatoms. The number of hydrogen-bond acceptors (Lipinski definition) is 5. The van der Waals surface area contributed by atoms with Gasteiger partial charge in [0.2, 0.25) is 0 Å². The number of nitrogen functional groups attached to an aromatic ring is 1. The van der Waals surface area contributed by atoms with E-state index in [4.69, 9.17) is 15.7 Å². The van der Waals surface area contributed by atoms with Crippen LogP contribution in [0.1, 0.15) is 20.8 Å². The monoisotopic (exact) mass is 272 g/mol. The number of anilines is 1. The highest BCUT2D eigenvalue weighted by Crippen LogP contribution is 2.34. The number of esters is 1. The van der Waals surface area contributed by atoms with E-state index in [2.05, 4.69) is 6.07 Å². The molecule has 0 aliphatic heterocycles. The molecule has 0 atom stereocenters. The second-order valence-corrected chi connectivity index (χ2v) is 5.07. The number of thiophene rings is 1. The quantitative estimate of drug-likeness (QED) is 0.673. The van der Waals surface area contributed by atoms with Crippen molar-refractivity contribution in [3.8, 4) is 16.5 Å². The van der Waals surface area contributed by atoms with Gasteiger partial charge in [-0.3, -0.25) is 0 Å². The standard InChI is InChI=1S/C14H12N2O2S/c1-8-3-5-10(11-6-4-9(7-15)19-11)12(13(8)16)14(17)18-2/h3-6H,16H2,1-2H3. The molecule has 19 heavy (non-hydrogen) atoms. The number of benzene rings is 1. The molecule has 0 aliphatic rings. The van der Waals surface area contributed by atoms with E-state index in [0.29, 0.717) is 21.7 Å². The zero-order chi connectivity index (χ0) is 14.0. The summed E-state index contributed by atoms with van der Waals surface area (Å²) < 4.78 is 4.79. The van der Waals surface area contributed by atoms with Gasteiger partial charge in [-0.25, -0.2) is 4.79 Å². The fourth-order valence-electron chi connectivity index (χ4n) is 1.79. The largest absolute Gasteiger partial charge is 0.465 e. The summed E-state index contributed by atoms with van der Waals surface area (Å²) in [4.78, 5) is 13.3. The second kappa shape index (κ2) is 5.12. The second-order valence-electron chi connectivity index (χ2n) is 3.99. The van der Waals surface area contributed by atoms with Crippen molar-refractivity contribution in [1.82, 2.24) is 0 Å². The number of nitriles is 1. The lowest BCUT2D eigenvalue weighted by Gasteiger charge is -2.11. The van der Waals surface area contributed by atoms with Crippen LogP contribution >= 0.6 is 11.3 Å². The zero-order valence-electron chi connectivity index (χ0n) is 10.6. The molecule has 0 aliphatic carbocycles. The zero-order valence-corrected chi connectivity index (χ0v) is 11.4. The van der Waals surface area contributed by atoms with Gasteiger partial charge >= 0.3 is 5.97 Å². The van der Waals surface area contributed by atoms with Crippen molar-refractivity contribution >= 4 is 23.0 Å².